The predicted octanol–water partition coefficient (Wildman–Crippen LogP) is 6.26. The normalized spacial score (nSPS) is 32.7. The van der Waals surface area contributed by atoms with Gasteiger partial charge in [-0.15, -0.1) is 0 Å². The zero-order chi connectivity index (χ0) is 14.3. The Labute approximate surface area is 126 Å². The molecular formula is C19H36O. The Morgan fingerprint density at radius 2 is 1.30 bits per heavy atom. The van der Waals surface area contributed by atoms with Gasteiger partial charge in [-0.3, -0.25) is 0 Å². The van der Waals surface area contributed by atoms with E-state index in [0.717, 1.165) is 5.92 Å². The van der Waals surface area contributed by atoms with Crippen LogP contribution in [0.15, 0.2) is 0 Å². The molecule has 1 heterocycles. The molecule has 1 aliphatic heterocycles. The lowest BCUT2D eigenvalue weighted by Gasteiger charge is -2.45. The maximum Gasteiger partial charge on any atom is 0.0681 e. The fourth-order valence-corrected chi connectivity index (χ4v) is 4.32. The molecule has 20 heavy (non-hydrogen) atoms. The Balaban J connectivity index is 1.93. The van der Waals surface area contributed by atoms with Crippen LogP contribution in [0.5, 0.6) is 0 Å². The molecule has 0 aromatic rings. The van der Waals surface area contributed by atoms with Crippen molar-refractivity contribution in [2.45, 2.75) is 115 Å². The van der Waals surface area contributed by atoms with Crippen LogP contribution in [0, 0.1) is 5.92 Å². The molecule has 0 radical (unpaired) electrons. The highest BCUT2D eigenvalue weighted by Crippen LogP contribution is 2.41. The summed E-state index contributed by atoms with van der Waals surface area (Å²) < 4.78 is 6.68. The second-order valence-corrected chi connectivity index (χ2v) is 7.25. The van der Waals surface area contributed by atoms with Gasteiger partial charge in [-0.25, -0.2) is 0 Å². The molecule has 0 amide bonds. The van der Waals surface area contributed by atoms with Crippen molar-refractivity contribution in [2.75, 3.05) is 0 Å². The van der Waals surface area contributed by atoms with Gasteiger partial charge in [0.25, 0.3) is 0 Å². The first-order valence-electron chi connectivity index (χ1n) is 9.47. The molecule has 0 spiro atoms. The van der Waals surface area contributed by atoms with Crippen LogP contribution in [-0.2, 0) is 4.74 Å². The minimum absolute atomic E-state index is 0.220. The van der Waals surface area contributed by atoms with E-state index in [4.69, 9.17) is 4.74 Å². The third kappa shape index (κ3) is 4.48. The lowest BCUT2D eigenvalue weighted by atomic mass is 9.78. The number of hydrogen-bond acceptors (Lipinski definition) is 1. The van der Waals surface area contributed by atoms with Crippen molar-refractivity contribution in [3.05, 3.63) is 0 Å². The molecule has 2 fully saturated rings. The molecule has 118 valence electrons. The average Bonchev–Trinajstić information content (AvgIpc) is 2.48. The monoisotopic (exact) mass is 280 g/mol. The maximum absolute atomic E-state index is 6.68. The number of rotatable bonds is 2. The van der Waals surface area contributed by atoms with E-state index in [9.17, 15) is 0 Å². The molecule has 1 heteroatoms. The number of ether oxygens (including phenoxy) is 1. The summed E-state index contributed by atoms with van der Waals surface area (Å²) >= 11 is 0. The average molecular weight is 280 g/mol. The van der Waals surface area contributed by atoms with Gasteiger partial charge in [-0.2, -0.15) is 0 Å². The first-order chi connectivity index (χ1) is 9.79. The van der Waals surface area contributed by atoms with E-state index in [1.807, 2.05) is 0 Å². The quantitative estimate of drug-likeness (QED) is 0.580. The van der Waals surface area contributed by atoms with Crippen LogP contribution in [0.3, 0.4) is 0 Å². The fraction of sp³-hybridized carbons (Fsp3) is 1.00. The van der Waals surface area contributed by atoms with E-state index in [0.29, 0.717) is 6.10 Å². The largest absolute Gasteiger partial charge is 0.372 e. The van der Waals surface area contributed by atoms with E-state index in [-0.39, 0.29) is 5.60 Å². The minimum atomic E-state index is 0.220. The molecule has 0 N–H and O–H groups in total. The van der Waals surface area contributed by atoms with Gasteiger partial charge in [-0.1, -0.05) is 65.2 Å². The molecule has 1 aliphatic carbocycles. The van der Waals surface area contributed by atoms with Gasteiger partial charge in [0.1, 0.15) is 0 Å². The highest BCUT2D eigenvalue weighted by Gasteiger charge is 2.38. The highest BCUT2D eigenvalue weighted by atomic mass is 16.5. The second kappa shape index (κ2) is 8.41. The topological polar surface area (TPSA) is 9.23 Å². The maximum atomic E-state index is 6.68. The van der Waals surface area contributed by atoms with Crippen molar-refractivity contribution in [3.63, 3.8) is 0 Å². The van der Waals surface area contributed by atoms with E-state index in [1.54, 1.807) is 0 Å². The van der Waals surface area contributed by atoms with Crippen LogP contribution in [0.4, 0.5) is 0 Å². The van der Waals surface area contributed by atoms with Crippen LogP contribution in [0.1, 0.15) is 104 Å². The Morgan fingerprint density at radius 1 is 0.750 bits per heavy atom. The fourth-order valence-electron chi connectivity index (χ4n) is 4.32. The van der Waals surface area contributed by atoms with Crippen LogP contribution in [0.25, 0.3) is 0 Å². The van der Waals surface area contributed by atoms with Gasteiger partial charge < -0.3 is 4.74 Å². The smallest absolute Gasteiger partial charge is 0.0681 e. The first kappa shape index (κ1) is 16.3. The third-order valence-electron chi connectivity index (χ3n) is 6.00. The van der Waals surface area contributed by atoms with Gasteiger partial charge in [0.15, 0.2) is 0 Å². The molecule has 1 nitrogen and oxygen atoms in total. The van der Waals surface area contributed by atoms with E-state index in [1.165, 1.54) is 89.9 Å². The summed E-state index contributed by atoms with van der Waals surface area (Å²) in [5, 5.41) is 0. The number of hydrogen-bond donors (Lipinski definition) is 0. The van der Waals surface area contributed by atoms with Crippen LogP contribution >= 0.6 is 0 Å². The summed E-state index contributed by atoms with van der Waals surface area (Å²) in [5.74, 6) is 0.862. The summed E-state index contributed by atoms with van der Waals surface area (Å²) in [5.41, 5.74) is 0.220. The molecule has 0 aromatic heterocycles. The molecule has 0 bridgehead atoms. The van der Waals surface area contributed by atoms with Crippen molar-refractivity contribution >= 4 is 0 Å². The van der Waals surface area contributed by atoms with Gasteiger partial charge in [0.2, 0.25) is 0 Å². The Morgan fingerprint density at radius 3 is 1.90 bits per heavy atom. The number of fused-ring (bicyclic) bond motifs is 1. The van der Waals surface area contributed by atoms with Crippen molar-refractivity contribution < 1.29 is 4.74 Å². The molecule has 0 aromatic carbocycles. The summed E-state index contributed by atoms with van der Waals surface area (Å²) in [6.45, 7) is 4.64. The molecular weight excluding hydrogens is 244 g/mol. The summed E-state index contributed by atoms with van der Waals surface area (Å²) in [7, 11) is 0. The Kier molecular flexibility index (Phi) is 6.87. The zero-order valence-electron chi connectivity index (χ0n) is 14.0. The van der Waals surface area contributed by atoms with Crippen LogP contribution in [0.2, 0.25) is 0 Å². The van der Waals surface area contributed by atoms with Crippen molar-refractivity contribution in [1.82, 2.24) is 0 Å². The van der Waals surface area contributed by atoms with Gasteiger partial charge in [0, 0.05) is 0 Å². The van der Waals surface area contributed by atoms with Gasteiger partial charge in [-0.05, 0) is 44.4 Å². The van der Waals surface area contributed by atoms with E-state index >= 15 is 0 Å². The molecule has 1 saturated heterocycles. The van der Waals surface area contributed by atoms with Crippen LogP contribution in [-0.4, -0.2) is 11.7 Å². The second-order valence-electron chi connectivity index (χ2n) is 7.25. The third-order valence-corrected chi connectivity index (χ3v) is 6.00. The Hall–Kier alpha value is -0.0400. The molecule has 1 saturated carbocycles. The van der Waals surface area contributed by atoms with E-state index in [2.05, 4.69) is 13.8 Å². The molecule has 2 atom stereocenters. The minimum Gasteiger partial charge on any atom is -0.372 e. The summed E-state index contributed by atoms with van der Waals surface area (Å²) in [6.07, 6.45) is 20.0. The molecule has 2 rings (SSSR count). The van der Waals surface area contributed by atoms with Crippen LogP contribution < -0.4 is 0 Å². The molecule has 2 aliphatic rings. The van der Waals surface area contributed by atoms with Crippen molar-refractivity contribution in [2.24, 2.45) is 5.92 Å². The SMILES string of the molecule is CCC1(CC)CCC2CCCCCCCCCCC2O1. The summed E-state index contributed by atoms with van der Waals surface area (Å²) in [6, 6.07) is 0. The molecule has 2 unspecified atom stereocenters. The highest BCUT2D eigenvalue weighted by molar-refractivity contribution is 4.88. The van der Waals surface area contributed by atoms with Crippen molar-refractivity contribution in [3.8, 4) is 0 Å². The standard InChI is InChI=1S/C19H36O/c1-3-19(4-2)16-15-17-13-11-9-7-5-6-8-10-12-14-18(17)20-19/h17-18H,3-16H2,1-2H3. The first-order valence-corrected chi connectivity index (χ1v) is 9.47. The van der Waals surface area contributed by atoms with Gasteiger partial charge >= 0.3 is 0 Å². The lowest BCUT2D eigenvalue weighted by Crippen LogP contribution is -2.44. The lowest BCUT2D eigenvalue weighted by molar-refractivity contribution is -0.161. The van der Waals surface area contributed by atoms with Gasteiger partial charge in [0.05, 0.1) is 11.7 Å². The summed E-state index contributed by atoms with van der Waals surface area (Å²) in [4.78, 5) is 0. The van der Waals surface area contributed by atoms with Crippen molar-refractivity contribution in [1.29, 1.82) is 0 Å². The Bertz CT molecular complexity index is 256. The zero-order valence-corrected chi connectivity index (χ0v) is 14.0. The van der Waals surface area contributed by atoms with E-state index < -0.39 is 0 Å². The predicted molar refractivity (Wildman–Crippen MR) is 87.1 cm³/mol.